The molecule has 2 bridgehead atoms. The van der Waals surface area contributed by atoms with E-state index in [0.29, 0.717) is 125 Å². The molecule has 3 fully saturated rings. The van der Waals surface area contributed by atoms with Crippen LogP contribution in [0.25, 0.3) is 0 Å². The molecule has 5 N–H and O–H groups in total. The molecule has 0 radical (unpaired) electrons. The minimum absolute atomic E-state index is 0.0107. The lowest BCUT2D eigenvalue weighted by atomic mass is 9.44. The van der Waals surface area contributed by atoms with Gasteiger partial charge in [-0.1, -0.05) is 93.6 Å². The third-order valence-corrected chi connectivity index (χ3v) is 22.1. The van der Waals surface area contributed by atoms with Crippen LogP contribution in [0.1, 0.15) is 139 Å². The zero-order valence-corrected chi connectivity index (χ0v) is 68.3. The van der Waals surface area contributed by atoms with Crippen LogP contribution in [0.5, 0.6) is 0 Å². The first-order valence-electron chi connectivity index (χ1n) is 40.0. The molecule has 0 aromatic heterocycles. The predicted molar refractivity (Wildman–Crippen MR) is 417 cm³/mol. The lowest BCUT2D eigenvalue weighted by Crippen LogP contribution is -2.82. The Morgan fingerprint density at radius 2 is 1.14 bits per heavy atom. The molecule has 3 aromatic carbocycles. The molecular formula is C85H117N3O29. The van der Waals surface area contributed by atoms with Crippen molar-refractivity contribution in [2.45, 2.75) is 167 Å². The van der Waals surface area contributed by atoms with E-state index in [1.54, 1.807) is 85.8 Å². The van der Waals surface area contributed by atoms with E-state index in [1.165, 1.54) is 58.9 Å². The topological polar surface area (TPSA) is 406 Å². The normalized spacial score (nSPS) is 25.4. The van der Waals surface area contributed by atoms with Crippen LogP contribution in [0.2, 0.25) is 0 Å². The zero-order chi connectivity index (χ0) is 84.6. The SMILES string of the molecule is CC(=O)CCOCCOCCOCCN(CCOCCOCCOCCNC(=O)[C@]1(C)CC/C=C/[C@H](OC(=O)O[C@@H](C(=O)O[C@H]2C[C@@]3(O)[C@@H](OC(=O)c4ccccc4)[C@@H]4[C@]5(OC(C)=O)CO[C@@H]5C[C@H](O)[C@@]4(C)C(=O)[C@H](OC(C)=O)C(=C2C)C3(C)C)[C@@H](NC(=O)c2ccccc2)c2ccccc2)CC1)CCOCCOCCOCCC(=O)O. The molecule has 2 saturated carbocycles. The van der Waals surface area contributed by atoms with Gasteiger partial charge in [-0.3, -0.25) is 38.5 Å². The Bertz CT molecular complexity index is 3750. The molecule has 32 heteroatoms. The van der Waals surface area contributed by atoms with Crippen molar-refractivity contribution in [2.75, 3.05) is 152 Å². The first kappa shape index (κ1) is 94.0. The van der Waals surface area contributed by atoms with Crippen molar-refractivity contribution in [2.24, 2.45) is 22.2 Å². The molecule has 4 aliphatic carbocycles. The van der Waals surface area contributed by atoms with Gasteiger partial charge in [-0.2, -0.15) is 0 Å². The standard InChI is InChI=1S/C85H117N3O29/c1-57(89)28-36-102-42-48-108-51-45-105-39-33-88(34-40-106-46-52-109-49-43-103-37-29-68(93)94)35-41-107-47-53-110-50-44-104-38-32-86-79(99)82(7)30-19-18-26-64(27-31-82)113-80(100)115-72(70(61-20-12-9-13-21-61)87-76(96)62-22-14-10-15-23-62)78(98)114-65-55-85(101)75(116-77(97)63-24-16-11-17-25-63)73-83(8,66(92)54-67-84(73,56-111-67)117-60(4)91)74(95)71(112-59(3)90)69(58(65)2)81(85,5)6/h9-18,20-26,64-67,70-73,75,92,101H,19,27-56H2,1-8H3,(H,86,99)(H,87,96)(H,93,94)/b26-18+/t64-,65-,66-,67+,70-,71+,72+,73-,75-,82+,83+,84-,85+/m0/s1. The summed E-state index contributed by atoms with van der Waals surface area (Å²) in [5, 5.41) is 41.2. The van der Waals surface area contributed by atoms with Gasteiger partial charge in [0.05, 0.1) is 155 Å². The molecule has 646 valence electrons. The van der Waals surface area contributed by atoms with Gasteiger partial charge in [0.25, 0.3) is 5.91 Å². The number of esters is 4. The number of fused-ring (bicyclic) bond motifs is 5. The molecule has 13 atom stereocenters. The van der Waals surface area contributed by atoms with Crippen LogP contribution in [-0.4, -0.2) is 285 Å². The van der Waals surface area contributed by atoms with Crippen LogP contribution < -0.4 is 10.6 Å². The van der Waals surface area contributed by atoms with Gasteiger partial charge < -0.3 is 102 Å². The van der Waals surface area contributed by atoms with Crippen molar-refractivity contribution >= 4 is 59.4 Å². The number of hydrogen-bond acceptors (Lipinski definition) is 29. The smallest absolute Gasteiger partial charge is 0.481 e. The van der Waals surface area contributed by atoms with E-state index in [4.69, 9.17) is 80.9 Å². The largest absolute Gasteiger partial charge is 0.509 e. The number of carboxylic acid groups (broad SMARTS) is 1. The average molecular weight is 1640 g/mol. The summed E-state index contributed by atoms with van der Waals surface area (Å²) < 4.78 is 94.1. The predicted octanol–water partition coefficient (Wildman–Crippen LogP) is 6.42. The molecular weight excluding hydrogens is 1530 g/mol. The van der Waals surface area contributed by atoms with Gasteiger partial charge >= 0.3 is 36.0 Å². The molecule has 8 rings (SSSR count). The molecule has 1 aliphatic heterocycles. The van der Waals surface area contributed by atoms with E-state index in [0.717, 1.165) is 13.8 Å². The number of aliphatic hydroxyl groups excluding tert-OH is 1. The highest BCUT2D eigenvalue weighted by molar-refractivity contribution is 5.96. The number of ketones is 2. The lowest BCUT2D eigenvalue weighted by molar-refractivity contribution is -0.346. The summed E-state index contributed by atoms with van der Waals surface area (Å²) in [6.45, 7) is 19.1. The number of ether oxygens (including phenoxy) is 16. The van der Waals surface area contributed by atoms with Gasteiger partial charge in [0.1, 0.15) is 41.8 Å². The van der Waals surface area contributed by atoms with E-state index >= 15 is 9.59 Å². The van der Waals surface area contributed by atoms with Crippen LogP contribution in [0, 0.1) is 22.2 Å². The van der Waals surface area contributed by atoms with Crippen LogP contribution in [0.15, 0.2) is 114 Å². The number of amides is 2. The number of Topliss-reactive ketones (excluding diaryl/α,β-unsaturated/α-hetero) is 2. The fraction of sp³-hybridized carbons (Fsp3) is 0.624. The Labute approximate surface area is 682 Å². The number of allylic oxidation sites excluding steroid dienone is 1. The zero-order valence-electron chi connectivity index (χ0n) is 68.3. The van der Waals surface area contributed by atoms with Gasteiger partial charge in [0, 0.05) is 75.7 Å². The molecule has 32 nitrogen and oxygen atoms in total. The monoisotopic (exact) mass is 1640 g/mol. The van der Waals surface area contributed by atoms with Crippen LogP contribution in [0.4, 0.5) is 4.79 Å². The maximum atomic E-state index is 16.0. The van der Waals surface area contributed by atoms with Crippen LogP contribution in [0.3, 0.4) is 0 Å². The first-order chi connectivity index (χ1) is 56.1. The first-order valence-corrected chi connectivity index (χ1v) is 40.0. The van der Waals surface area contributed by atoms with Gasteiger partial charge in [-0.25, -0.2) is 14.4 Å². The molecule has 1 saturated heterocycles. The molecule has 2 amide bonds. The molecule has 1 heterocycles. The van der Waals surface area contributed by atoms with Crippen molar-refractivity contribution in [1.29, 1.82) is 0 Å². The maximum absolute atomic E-state index is 16.0. The van der Waals surface area contributed by atoms with Crippen molar-refractivity contribution in [1.82, 2.24) is 15.5 Å². The number of benzene rings is 3. The van der Waals surface area contributed by atoms with E-state index in [2.05, 4.69) is 15.5 Å². The fourth-order valence-electron chi connectivity index (χ4n) is 15.6. The highest BCUT2D eigenvalue weighted by Gasteiger charge is 2.78. The molecule has 3 aromatic rings. The highest BCUT2D eigenvalue weighted by Crippen LogP contribution is 2.64. The maximum Gasteiger partial charge on any atom is 0.509 e. The Balaban J connectivity index is 0.888. The third-order valence-electron chi connectivity index (χ3n) is 22.1. The number of carboxylic acids is 1. The minimum atomic E-state index is -2.55. The third kappa shape index (κ3) is 26.3. The molecule has 0 spiro atoms. The van der Waals surface area contributed by atoms with E-state index < -0.39 is 136 Å². The lowest BCUT2D eigenvalue weighted by Gasteiger charge is -2.67. The second-order valence-electron chi connectivity index (χ2n) is 30.6. The number of nitrogens with zero attached hydrogens (tertiary/aromatic N) is 1. The second kappa shape index (κ2) is 46.2. The van der Waals surface area contributed by atoms with Crippen molar-refractivity contribution < 1.29 is 139 Å². The summed E-state index contributed by atoms with van der Waals surface area (Å²) >= 11 is 0. The summed E-state index contributed by atoms with van der Waals surface area (Å²) in [6.07, 6.45) is -8.96. The van der Waals surface area contributed by atoms with E-state index in [-0.39, 0.29) is 111 Å². The number of aliphatic carboxylic acids is 1. The Morgan fingerprint density at radius 3 is 1.66 bits per heavy atom. The second-order valence-corrected chi connectivity index (χ2v) is 30.6. The molecule has 0 unspecified atom stereocenters. The van der Waals surface area contributed by atoms with E-state index in [9.17, 15) is 48.6 Å². The van der Waals surface area contributed by atoms with Crippen molar-refractivity contribution in [3.63, 3.8) is 0 Å². The van der Waals surface area contributed by atoms with Crippen LogP contribution in [-0.2, 0) is 109 Å². The van der Waals surface area contributed by atoms with Crippen molar-refractivity contribution in [3.05, 3.63) is 131 Å². The number of hydrogen-bond donors (Lipinski definition) is 5. The quantitative estimate of drug-likeness (QED) is 0.0176. The fourth-order valence-corrected chi connectivity index (χ4v) is 15.6. The molecule has 5 aliphatic rings. The van der Waals surface area contributed by atoms with Gasteiger partial charge in [-0.05, 0) is 93.5 Å². The summed E-state index contributed by atoms with van der Waals surface area (Å²) in [7, 11) is 0. The van der Waals surface area contributed by atoms with Crippen LogP contribution >= 0.6 is 0 Å². The molecule has 117 heavy (non-hydrogen) atoms. The Kier molecular flexibility index (Phi) is 37.1. The highest BCUT2D eigenvalue weighted by atomic mass is 16.7. The van der Waals surface area contributed by atoms with Gasteiger partial charge in [0.2, 0.25) is 12.0 Å². The average Bonchev–Trinajstić information content (AvgIpc) is 0.668. The summed E-state index contributed by atoms with van der Waals surface area (Å²) in [4.78, 5) is 140. The number of carbonyl (C=O) groups is 10. The Morgan fingerprint density at radius 1 is 0.615 bits per heavy atom. The number of aliphatic hydroxyl groups is 2. The summed E-state index contributed by atoms with van der Waals surface area (Å²) in [5.74, 6) is -8.52. The number of rotatable bonds is 49. The van der Waals surface area contributed by atoms with Gasteiger partial charge in [-0.15, -0.1) is 0 Å². The number of nitrogens with one attached hydrogen (secondary N) is 2. The number of carbonyl (C=O) groups excluding carboxylic acids is 9. The summed E-state index contributed by atoms with van der Waals surface area (Å²) in [6, 6.07) is 22.3. The minimum Gasteiger partial charge on any atom is -0.481 e. The van der Waals surface area contributed by atoms with E-state index in [1.807, 2.05) is 0 Å². The Hall–Kier alpha value is -8.48. The van der Waals surface area contributed by atoms with Crippen molar-refractivity contribution in [3.8, 4) is 0 Å². The van der Waals surface area contributed by atoms with Gasteiger partial charge in [0.15, 0.2) is 17.5 Å². The summed E-state index contributed by atoms with van der Waals surface area (Å²) in [5.41, 5.74) is -8.96.